The summed E-state index contributed by atoms with van der Waals surface area (Å²) in [5.41, 5.74) is 1.93. The van der Waals surface area contributed by atoms with E-state index in [1.54, 1.807) is 6.92 Å². The molecule has 0 saturated heterocycles. The van der Waals surface area contributed by atoms with Gasteiger partial charge in [0.1, 0.15) is 5.82 Å². The molecule has 0 radical (unpaired) electrons. The third-order valence-electron chi connectivity index (χ3n) is 2.69. The molecule has 0 aliphatic carbocycles. The van der Waals surface area contributed by atoms with Crippen LogP contribution in [0.5, 0.6) is 0 Å². The highest BCUT2D eigenvalue weighted by molar-refractivity contribution is 5.88. The van der Waals surface area contributed by atoms with Crippen LogP contribution in [0.1, 0.15) is 31.5 Å². The van der Waals surface area contributed by atoms with Crippen LogP contribution in [0.2, 0.25) is 0 Å². The first-order valence-corrected chi connectivity index (χ1v) is 6.55. The van der Waals surface area contributed by atoms with Crippen LogP contribution in [0.15, 0.2) is 12.1 Å². The average Bonchev–Trinajstić information content (AvgIpc) is 2.23. The normalized spacial score (nSPS) is 13.7. The number of aromatic nitrogens is 1. The lowest BCUT2D eigenvalue weighted by molar-refractivity contribution is 0.163. The molecule has 1 aromatic heterocycles. The van der Waals surface area contributed by atoms with Crippen LogP contribution in [0, 0.1) is 19.8 Å². The molecule has 3 N–H and O–H groups in total. The highest BCUT2D eigenvalue weighted by Crippen LogP contribution is 2.09. The van der Waals surface area contributed by atoms with Crippen molar-refractivity contribution in [1.29, 1.82) is 0 Å². The predicted octanol–water partition coefficient (Wildman–Crippen LogP) is 2.23. The summed E-state index contributed by atoms with van der Waals surface area (Å²) in [6.07, 6.45) is 0.322. The second-order valence-corrected chi connectivity index (χ2v) is 5.20. The maximum Gasteiger partial charge on any atom is 0.320 e. The first-order chi connectivity index (χ1) is 8.86. The smallest absolute Gasteiger partial charge is 0.320 e. The standard InChI is InChI=1S/C14H23N3O2/c1-9-5-11(3)16-13(7-9)17-14(19)15-8-10(2)6-12(4)18/h5,7,10,12,18H,6,8H2,1-4H3,(H2,15,16,17,19). The number of aliphatic hydroxyl groups is 1. The Morgan fingerprint density at radius 3 is 2.63 bits per heavy atom. The molecule has 106 valence electrons. The second-order valence-electron chi connectivity index (χ2n) is 5.20. The molecule has 1 rings (SSSR count). The van der Waals surface area contributed by atoms with Crippen LogP contribution in [0.4, 0.5) is 10.6 Å². The Hall–Kier alpha value is -1.62. The summed E-state index contributed by atoms with van der Waals surface area (Å²) in [6, 6.07) is 3.51. The van der Waals surface area contributed by atoms with Gasteiger partial charge >= 0.3 is 6.03 Å². The van der Waals surface area contributed by atoms with Crippen molar-refractivity contribution in [2.75, 3.05) is 11.9 Å². The van der Waals surface area contributed by atoms with Gasteiger partial charge in [0.05, 0.1) is 6.10 Å². The van der Waals surface area contributed by atoms with Crippen molar-refractivity contribution in [3.8, 4) is 0 Å². The molecule has 1 aromatic rings. The van der Waals surface area contributed by atoms with Gasteiger partial charge in [0, 0.05) is 12.2 Å². The van der Waals surface area contributed by atoms with Crippen molar-refractivity contribution in [2.24, 2.45) is 5.92 Å². The molecule has 2 amide bonds. The molecule has 1 heterocycles. The Kier molecular flexibility index (Phi) is 5.76. The molecule has 5 nitrogen and oxygen atoms in total. The van der Waals surface area contributed by atoms with E-state index in [1.165, 1.54) is 0 Å². The summed E-state index contributed by atoms with van der Waals surface area (Å²) in [7, 11) is 0. The van der Waals surface area contributed by atoms with E-state index in [0.29, 0.717) is 18.8 Å². The van der Waals surface area contributed by atoms with Crippen molar-refractivity contribution >= 4 is 11.8 Å². The number of anilines is 1. The summed E-state index contributed by atoms with van der Waals surface area (Å²) in [6.45, 7) is 8.11. The average molecular weight is 265 g/mol. The number of carbonyl (C=O) groups excluding carboxylic acids is 1. The van der Waals surface area contributed by atoms with Gasteiger partial charge in [0.15, 0.2) is 0 Å². The van der Waals surface area contributed by atoms with E-state index in [4.69, 9.17) is 0 Å². The number of aryl methyl sites for hydroxylation is 2. The van der Waals surface area contributed by atoms with Gasteiger partial charge in [-0.15, -0.1) is 0 Å². The third kappa shape index (κ3) is 6.20. The molecule has 0 fully saturated rings. The molecule has 2 unspecified atom stereocenters. The van der Waals surface area contributed by atoms with E-state index in [2.05, 4.69) is 15.6 Å². The molecule has 0 aliphatic heterocycles. The molecule has 0 saturated carbocycles. The van der Waals surface area contributed by atoms with Crippen LogP contribution >= 0.6 is 0 Å². The second kappa shape index (κ2) is 7.09. The zero-order valence-electron chi connectivity index (χ0n) is 12.0. The van der Waals surface area contributed by atoms with Crippen LogP contribution in [-0.4, -0.2) is 28.8 Å². The van der Waals surface area contributed by atoms with Crippen molar-refractivity contribution in [3.63, 3.8) is 0 Å². The molecule has 2 atom stereocenters. The number of hydrogen-bond acceptors (Lipinski definition) is 3. The Morgan fingerprint density at radius 2 is 2.05 bits per heavy atom. The van der Waals surface area contributed by atoms with E-state index in [-0.39, 0.29) is 18.1 Å². The van der Waals surface area contributed by atoms with Gasteiger partial charge in [-0.25, -0.2) is 9.78 Å². The Labute approximate surface area is 114 Å². The number of rotatable bonds is 5. The molecule has 0 aliphatic rings. The number of nitrogens with one attached hydrogen (secondary N) is 2. The van der Waals surface area contributed by atoms with Crippen LogP contribution in [0.3, 0.4) is 0 Å². The Balaban J connectivity index is 2.42. The van der Waals surface area contributed by atoms with Crippen LogP contribution in [-0.2, 0) is 0 Å². The highest BCUT2D eigenvalue weighted by Gasteiger charge is 2.09. The van der Waals surface area contributed by atoms with Gasteiger partial charge < -0.3 is 10.4 Å². The van der Waals surface area contributed by atoms with Gasteiger partial charge in [-0.3, -0.25) is 5.32 Å². The van der Waals surface area contributed by atoms with Gasteiger partial charge in [-0.2, -0.15) is 0 Å². The van der Waals surface area contributed by atoms with Crippen molar-refractivity contribution in [1.82, 2.24) is 10.3 Å². The Morgan fingerprint density at radius 1 is 1.37 bits per heavy atom. The highest BCUT2D eigenvalue weighted by atomic mass is 16.3. The fraction of sp³-hybridized carbons (Fsp3) is 0.571. The minimum Gasteiger partial charge on any atom is -0.393 e. The molecule has 0 spiro atoms. The molecule has 0 bridgehead atoms. The monoisotopic (exact) mass is 265 g/mol. The summed E-state index contributed by atoms with van der Waals surface area (Å²) in [4.78, 5) is 15.9. The van der Waals surface area contributed by atoms with Crippen LogP contribution < -0.4 is 10.6 Å². The number of urea groups is 1. The van der Waals surface area contributed by atoms with E-state index < -0.39 is 0 Å². The fourth-order valence-electron chi connectivity index (χ4n) is 2.00. The van der Waals surface area contributed by atoms with Gasteiger partial charge in [0.25, 0.3) is 0 Å². The van der Waals surface area contributed by atoms with Crippen molar-refractivity contribution in [3.05, 3.63) is 23.4 Å². The van der Waals surface area contributed by atoms with Gasteiger partial charge in [0.2, 0.25) is 0 Å². The molecular weight excluding hydrogens is 242 g/mol. The Bertz CT molecular complexity index is 412. The van der Waals surface area contributed by atoms with Crippen molar-refractivity contribution in [2.45, 2.75) is 40.2 Å². The minimum absolute atomic E-state index is 0.234. The molecule has 19 heavy (non-hydrogen) atoms. The number of nitrogens with zero attached hydrogens (tertiary/aromatic N) is 1. The van der Waals surface area contributed by atoms with E-state index in [9.17, 15) is 9.90 Å². The van der Waals surface area contributed by atoms with E-state index >= 15 is 0 Å². The number of aliphatic hydroxyl groups excluding tert-OH is 1. The predicted molar refractivity (Wildman–Crippen MR) is 76.2 cm³/mol. The maximum absolute atomic E-state index is 11.7. The first-order valence-electron chi connectivity index (χ1n) is 6.55. The zero-order valence-corrected chi connectivity index (χ0v) is 12.0. The number of carbonyl (C=O) groups is 1. The summed E-state index contributed by atoms with van der Waals surface area (Å²) in [5, 5.41) is 14.7. The fourth-order valence-corrected chi connectivity index (χ4v) is 2.00. The number of pyridine rings is 1. The summed E-state index contributed by atoms with van der Waals surface area (Å²) < 4.78 is 0. The number of hydrogen-bond donors (Lipinski definition) is 3. The third-order valence-corrected chi connectivity index (χ3v) is 2.69. The number of amides is 2. The molecule has 5 heteroatoms. The van der Waals surface area contributed by atoms with Crippen molar-refractivity contribution < 1.29 is 9.90 Å². The minimum atomic E-state index is -0.346. The van der Waals surface area contributed by atoms with Gasteiger partial charge in [-0.1, -0.05) is 6.92 Å². The van der Waals surface area contributed by atoms with E-state index in [1.807, 2.05) is 32.9 Å². The zero-order chi connectivity index (χ0) is 14.4. The quantitative estimate of drug-likeness (QED) is 0.764. The lowest BCUT2D eigenvalue weighted by atomic mass is 10.1. The topological polar surface area (TPSA) is 74.2 Å². The SMILES string of the molecule is Cc1cc(C)nc(NC(=O)NCC(C)CC(C)O)c1. The largest absolute Gasteiger partial charge is 0.393 e. The summed E-state index contributed by atoms with van der Waals surface area (Å²) in [5.74, 6) is 0.788. The van der Waals surface area contributed by atoms with E-state index in [0.717, 1.165) is 11.3 Å². The lowest BCUT2D eigenvalue weighted by Gasteiger charge is -2.14. The van der Waals surface area contributed by atoms with Gasteiger partial charge in [-0.05, 0) is 50.8 Å². The first kappa shape index (κ1) is 15.4. The summed E-state index contributed by atoms with van der Waals surface area (Å²) >= 11 is 0. The lowest BCUT2D eigenvalue weighted by Crippen LogP contribution is -2.33. The molecule has 0 aromatic carbocycles. The maximum atomic E-state index is 11.7. The van der Waals surface area contributed by atoms with Crippen LogP contribution in [0.25, 0.3) is 0 Å². The molecular formula is C14H23N3O2.